The van der Waals surface area contributed by atoms with Crippen LogP contribution in [0.3, 0.4) is 0 Å². The van der Waals surface area contributed by atoms with Gasteiger partial charge in [-0.05, 0) is 47.8 Å². The van der Waals surface area contributed by atoms with E-state index in [1.54, 1.807) is 0 Å². The Bertz CT molecular complexity index is 625. The molecule has 1 heterocycles. The van der Waals surface area contributed by atoms with Crippen LogP contribution in [0.1, 0.15) is 44.1 Å². The first-order chi connectivity index (χ1) is 9.63. The van der Waals surface area contributed by atoms with E-state index in [0.29, 0.717) is 0 Å². The second-order valence-corrected chi connectivity index (χ2v) is 6.08. The van der Waals surface area contributed by atoms with Crippen molar-refractivity contribution >= 4 is 16.9 Å². The molecule has 0 saturated heterocycles. The molecule has 0 amide bonds. The number of hydrogen-bond acceptors (Lipinski definition) is 1. The second-order valence-electron chi connectivity index (χ2n) is 6.08. The highest BCUT2D eigenvalue weighted by Crippen LogP contribution is 2.30. The lowest BCUT2D eigenvalue weighted by molar-refractivity contribution is -0.137. The van der Waals surface area contributed by atoms with E-state index in [1.165, 1.54) is 30.2 Å². The van der Waals surface area contributed by atoms with Gasteiger partial charge in [-0.15, -0.1) is 0 Å². The molecule has 1 aromatic carbocycles. The summed E-state index contributed by atoms with van der Waals surface area (Å²) >= 11 is 0. The van der Waals surface area contributed by atoms with Gasteiger partial charge in [0, 0.05) is 18.3 Å². The van der Waals surface area contributed by atoms with Gasteiger partial charge in [-0.25, -0.2) is 0 Å². The van der Waals surface area contributed by atoms with Crippen molar-refractivity contribution in [3.63, 3.8) is 0 Å². The smallest absolute Gasteiger partial charge is 0.303 e. The van der Waals surface area contributed by atoms with Gasteiger partial charge in [0.1, 0.15) is 0 Å². The highest BCUT2D eigenvalue weighted by Gasteiger charge is 2.18. The molecule has 1 aliphatic carbocycles. The van der Waals surface area contributed by atoms with Crippen molar-refractivity contribution in [2.75, 3.05) is 0 Å². The Morgan fingerprint density at radius 2 is 2.20 bits per heavy atom. The number of aliphatic carboxylic acids is 1. The molecular formula is C17H21NO2. The van der Waals surface area contributed by atoms with Gasteiger partial charge in [0.15, 0.2) is 0 Å². The fourth-order valence-corrected chi connectivity index (χ4v) is 3.00. The monoisotopic (exact) mass is 271 g/mol. The summed E-state index contributed by atoms with van der Waals surface area (Å²) in [6.07, 6.45) is 6.40. The molecule has 3 nitrogen and oxygen atoms in total. The van der Waals surface area contributed by atoms with E-state index in [1.807, 2.05) is 6.92 Å². The molecule has 1 atom stereocenters. The quantitative estimate of drug-likeness (QED) is 0.892. The van der Waals surface area contributed by atoms with Crippen LogP contribution in [0.5, 0.6) is 0 Å². The fraction of sp³-hybridized carbons (Fsp3) is 0.471. The highest BCUT2D eigenvalue weighted by molar-refractivity contribution is 5.81. The average Bonchev–Trinajstić information content (AvgIpc) is 2.75. The zero-order valence-corrected chi connectivity index (χ0v) is 11.9. The number of carboxylic acids is 1. The van der Waals surface area contributed by atoms with Crippen LogP contribution in [0.15, 0.2) is 30.5 Å². The minimum Gasteiger partial charge on any atom is -0.481 e. The second kappa shape index (κ2) is 5.31. The topological polar surface area (TPSA) is 42.2 Å². The summed E-state index contributed by atoms with van der Waals surface area (Å²) in [5.41, 5.74) is 2.36. The number of aromatic nitrogens is 1. The molecule has 0 spiro atoms. The first-order valence-corrected chi connectivity index (χ1v) is 7.44. The van der Waals surface area contributed by atoms with Gasteiger partial charge in [0.05, 0.1) is 6.42 Å². The summed E-state index contributed by atoms with van der Waals surface area (Å²) in [4.78, 5) is 10.9. The number of nitrogens with zero attached hydrogens (tertiary/aromatic N) is 1. The van der Waals surface area contributed by atoms with Crippen molar-refractivity contribution in [1.29, 1.82) is 0 Å². The van der Waals surface area contributed by atoms with Crippen LogP contribution < -0.4 is 0 Å². The molecule has 0 bridgehead atoms. The zero-order valence-electron chi connectivity index (χ0n) is 11.9. The molecule has 106 valence electrons. The standard InChI is InChI=1S/C17H21NO2/c1-12(9-17(19)20)15-6-5-14-7-8-18(16(14)10-15)11-13-3-2-4-13/h5-8,10,12-13H,2-4,9,11H2,1H3,(H,19,20). The number of hydrogen-bond donors (Lipinski definition) is 1. The summed E-state index contributed by atoms with van der Waals surface area (Å²) < 4.78 is 2.33. The van der Waals surface area contributed by atoms with Crippen molar-refractivity contribution in [3.8, 4) is 0 Å². The first kappa shape index (κ1) is 13.2. The molecular weight excluding hydrogens is 250 g/mol. The third-order valence-electron chi connectivity index (χ3n) is 4.53. The summed E-state index contributed by atoms with van der Waals surface area (Å²) in [7, 11) is 0. The normalized spacial score (nSPS) is 17.1. The minimum absolute atomic E-state index is 0.0592. The van der Waals surface area contributed by atoms with Crippen molar-refractivity contribution in [2.45, 2.75) is 45.1 Å². The molecule has 20 heavy (non-hydrogen) atoms. The molecule has 1 aromatic heterocycles. The Morgan fingerprint density at radius 3 is 2.85 bits per heavy atom. The predicted octanol–water partition coefficient (Wildman–Crippen LogP) is 4.02. The molecule has 3 heteroatoms. The van der Waals surface area contributed by atoms with E-state index >= 15 is 0 Å². The lowest BCUT2D eigenvalue weighted by Crippen LogP contribution is -2.17. The summed E-state index contributed by atoms with van der Waals surface area (Å²) in [6.45, 7) is 3.08. The maximum atomic E-state index is 10.9. The van der Waals surface area contributed by atoms with Crippen molar-refractivity contribution < 1.29 is 9.90 Å². The van der Waals surface area contributed by atoms with E-state index < -0.39 is 5.97 Å². The number of carboxylic acid groups (broad SMARTS) is 1. The van der Waals surface area contributed by atoms with Crippen molar-refractivity contribution in [3.05, 3.63) is 36.0 Å². The third-order valence-corrected chi connectivity index (χ3v) is 4.53. The Hall–Kier alpha value is -1.77. The lowest BCUT2D eigenvalue weighted by atomic mass is 9.85. The maximum Gasteiger partial charge on any atom is 0.303 e. The summed E-state index contributed by atoms with van der Waals surface area (Å²) in [5, 5.41) is 10.2. The van der Waals surface area contributed by atoms with E-state index in [-0.39, 0.29) is 12.3 Å². The molecule has 1 N–H and O–H groups in total. The average molecular weight is 271 g/mol. The Morgan fingerprint density at radius 1 is 1.40 bits per heavy atom. The SMILES string of the molecule is CC(CC(=O)O)c1ccc2ccn(CC3CCC3)c2c1. The molecule has 0 radical (unpaired) electrons. The molecule has 2 aromatic rings. The van der Waals surface area contributed by atoms with Gasteiger partial charge >= 0.3 is 5.97 Å². The van der Waals surface area contributed by atoms with Gasteiger partial charge in [-0.2, -0.15) is 0 Å². The van der Waals surface area contributed by atoms with E-state index in [0.717, 1.165) is 18.0 Å². The zero-order chi connectivity index (χ0) is 14.1. The number of carbonyl (C=O) groups is 1. The van der Waals surface area contributed by atoms with Gasteiger partial charge in [0.25, 0.3) is 0 Å². The predicted molar refractivity (Wildman–Crippen MR) is 79.9 cm³/mol. The van der Waals surface area contributed by atoms with Crippen LogP contribution >= 0.6 is 0 Å². The Kier molecular flexibility index (Phi) is 3.51. The first-order valence-electron chi connectivity index (χ1n) is 7.44. The molecule has 0 aliphatic heterocycles. The van der Waals surface area contributed by atoms with Crippen LogP contribution in [-0.2, 0) is 11.3 Å². The maximum absolute atomic E-state index is 10.9. The minimum atomic E-state index is -0.734. The molecule has 1 saturated carbocycles. The van der Waals surface area contributed by atoms with E-state index in [2.05, 4.69) is 35.0 Å². The van der Waals surface area contributed by atoms with Gasteiger partial charge in [-0.3, -0.25) is 4.79 Å². The molecule has 1 aliphatic rings. The van der Waals surface area contributed by atoms with Crippen molar-refractivity contribution in [2.24, 2.45) is 5.92 Å². The molecule has 3 rings (SSSR count). The summed E-state index contributed by atoms with van der Waals surface area (Å²) in [5.74, 6) is 0.150. The van der Waals surface area contributed by atoms with Crippen LogP contribution in [0.4, 0.5) is 0 Å². The summed E-state index contributed by atoms with van der Waals surface area (Å²) in [6, 6.07) is 8.49. The van der Waals surface area contributed by atoms with Gasteiger partial charge in [-0.1, -0.05) is 25.5 Å². The Labute approximate surface area is 119 Å². The van der Waals surface area contributed by atoms with E-state index in [9.17, 15) is 4.79 Å². The van der Waals surface area contributed by atoms with Gasteiger partial charge in [0.2, 0.25) is 0 Å². The molecule has 1 fully saturated rings. The number of rotatable bonds is 5. The van der Waals surface area contributed by atoms with Crippen LogP contribution in [0, 0.1) is 5.92 Å². The van der Waals surface area contributed by atoms with Crippen LogP contribution in [0.2, 0.25) is 0 Å². The fourth-order valence-electron chi connectivity index (χ4n) is 3.00. The third kappa shape index (κ3) is 2.58. The molecule has 1 unspecified atom stereocenters. The van der Waals surface area contributed by atoms with E-state index in [4.69, 9.17) is 5.11 Å². The highest BCUT2D eigenvalue weighted by atomic mass is 16.4. The number of fused-ring (bicyclic) bond motifs is 1. The van der Waals surface area contributed by atoms with Crippen LogP contribution in [0.25, 0.3) is 10.9 Å². The van der Waals surface area contributed by atoms with Crippen molar-refractivity contribution in [1.82, 2.24) is 4.57 Å². The van der Waals surface area contributed by atoms with Gasteiger partial charge < -0.3 is 9.67 Å². The number of benzene rings is 1. The Balaban J connectivity index is 1.87. The lowest BCUT2D eigenvalue weighted by Gasteiger charge is -2.26. The van der Waals surface area contributed by atoms with Crippen LogP contribution in [-0.4, -0.2) is 15.6 Å². The largest absolute Gasteiger partial charge is 0.481 e.